The minimum atomic E-state index is -3.89. The van der Waals surface area contributed by atoms with Gasteiger partial charge in [-0.15, -0.1) is 0 Å². The molecule has 0 unspecified atom stereocenters. The van der Waals surface area contributed by atoms with Crippen molar-refractivity contribution in [2.45, 2.75) is 23.8 Å². The number of sulfonamides is 1. The van der Waals surface area contributed by atoms with Crippen molar-refractivity contribution in [3.05, 3.63) is 28.2 Å². The molecule has 4 N–H and O–H groups in total. The number of carbonyl (C=O) groups is 2. The lowest BCUT2D eigenvalue weighted by atomic mass is 10.2. The van der Waals surface area contributed by atoms with Crippen LogP contribution >= 0.6 is 15.9 Å². The highest BCUT2D eigenvalue weighted by Gasteiger charge is 2.23. The maximum absolute atomic E-state index is 12.0. The second kappa shape index (κ2) is 6.12. The molecule has 1 aromatic carbocycles. The summed E-state index contributed by atoms with van der Waals surface area (Å²) in [4.78, 5) is 23.3. The molecule has 1 saturated carbocycles. The zero-order valence-corrected chi connectivity index (χ0v) is 13.3. The van der Waals surface area contributed by atoms with E-state index in [1.54, 1.807) is 0 Å². The topological polar surface area (TPSA) is 118 Å². The Bertz CT molecular complexity index is 686. The van der Waals surface area contributed by atoms with E-state index in [2.05, 4.69) is 26.6 Å². The third-order valence-electron chi connectivity index (χ3n) is 2.86. The lowest BCUT2D eigenvalue weighted by Gasteiger charge is -2.08. The van der Waals surface area contributed by atoms with Crippen LogP contribution in [0.4, 0.5) is 0 Å². The lowest BCUT2D eigenvalue weighted by molar-refractivity contribution is -0.120. The summed E-state index contributed by atoms with van der Waals surface area (Å²) in [6.07, 6.45) is 1.92. The molecule has 114 valence electrons. The number of primary sulfonamides is 1. The van der Waals surface area contributed by atoms with E-state index in [1.807, 2.05) is 0 Å². The molecule has 1 fully saturated rings. The number of hydrogen-bond donors (Lipinski definition) is 3. The Morgan fingerprint density at radius 1 is 1.33 bits per heavy atom. The van der Waals surface area contributed by atoms with E-state index in [9.17, 15) is 18.0 Å². The third kappa shape index (κ3) is 4.51. The minimum Gasteiger partial charge on any atom is -0.352 e. The van der Waals surface area contributed by atoms with E-state index in [0.29, 0.717) is 4.47 Å². The Morgan fingerprint density at radius 3 is 2.57 bits per heavy atom. The fraction of sp³-hybridized carbons (Fsp3) is 0.333. The fourth-order valence-electron chi connectivity index (χ4n) is 1.62. The van der Waals surface area contributed by atoms with E-state index >= 15 is 0 Å². The van der Waals surface area contributed by atoms with Crippen molar-refractivity contribution in [3.8, 4) is 0 Å². The summed E-state index contributed by atoms with van der Waals surface area (Å²) < 4.78 is 23.0. The van der Waals surface area contributed by atoms with Crippen LogP contribution in [0.2, 0.25) is 0 Å². The molecule has 1 aliphatic rings. The smallest absolute Gasteiger partial charge is 0.252 e. The maximum Gasteiger partial charge on any atom is 0.252 e. The number of rotatable bonds is 5. The van der Waals surface area contributed by atoms with Gasteiger partial charge in [0.2, 0.25) is 15.9 Å². The predicted molar refractivity (Wildman–Crippen MR) is 79.0 cm³/mol. The summed E-state index contributed by atoms with van der Waals surface area (Å²) in [5, 5.41) is 10.2. The quantitative estimate of drug-likeness (QED) is 0.676. The van der Waals surface area contributed by atoms with Crippen LogP contribution < -0.4 is 15.8 Å². The molecule has 0 spiro atoms. The Labute approximate surface area is 130 Å². The van der Waals surface area contributed by atoms with Crippen molar-refractivity contribution in [1.82, 2.24) is 10.6 Å². The molecule has 1 aliphatic carbocycles. The van der Waals surface area contributed by atoms with Crippen LogP contribution in [0.5, 0.6) is 0 Å². The molecule has 0 atom stereocenters. The summed E-state index contributed by atoms with van der Waals surface area (Å²) in [6, 6.07) is 4.08. The highest BCUT2D eigenvalue weighted by molar-refractivity contribution is 9.10. The van der Waals surface area contributed by atoms with Crippen molar-refractivity contribution in [3.63, 3.8) is 0 Å². The zero-order chi connectivity index (χ0) is 15.6. The van der Waals surface area contributed by atoms with Crippen LogP contribution in [-0.2, 0) is 14.8 Å². The van der Waals surface area contributed by atoms with Gasteiger partial charge < -0.3 is 10.6 Å². The molecule has 0 heterocycles. The fourth-order valence-corrected chi connectivity index (χ4v) is 2.58. The molecule has 0 aromatic heterocycles. The van der Waals surface area contributed by atoms with Crippen LogP contribution in [-0.4, -0.2) is 32.8 Å². The van der Waals surface area contributed by atoms with E-state index in [0.717, 1.165) is 18.9 Å². The van der Waals surface area contributed by atoms with Crippen molar-refractivity contribution >= 4 is 37.8 Å². The van der Waals surface area contributed by atoms with E-state index in [4.69, 9.17) is 5.14 Å². The zero-order valence-electron chi connectivity index (χ0n) is 10.9. The van der Waals surface area contributed by atoms with Gasteiger partial charge in [-0.1, -0.05) is 0 Å². The molecule has 0 saturated heterocycles. The predicted octanol–water partition coefficient (Wildman–Crippen LogP) is 0.105. The monoisotopic (exact) mass is 375 g/mol. The molecule has 2 amide bonds. The molecule has 2 rings (SSSR count). The number of nitrogens with one attached hydrogen (secondary N) is 2. The first-order chi connectivity index (χ1) is 9.77. The van der Waals surface area contributed by atoms with Gasteiger partial charge in [0.15, 0.2) is 0 Å². The maximum atomic E-state index is 12.0. The van der Waals surface area contributed by atoms with Crippen LogP contribution in [0.1, 0.15) is 23.2 Å². The highest BCUT2D eigenvalue weighted by atomic mass is 79.9. The number of nitrogens with two attached hydrogens (primary N) is 1. The van der Waals surface area contributed by atoms with Gasteiger partial charge in [-0.3, -0.25) is 9.59 Å². The van der Waals surface area contributed by atoms with Gasteiger partial charge in [0.1, 0.15) is 0 Å². The van der Waals surface area contributed by atoms with Gasteiger partial charge in [-0.25, -0.2) is 13.6 Å². The van der Waals surface area contributed by atoms with E-state index < -0.39 is 15.9 Å². The summed E-state index contributed by atoms with van der Waals surface area (Å²) in [5.74, 6) is -0.831. The van der Waals surface area contributed by atoms with Crippen molar-refractivity contribution in [1.29, 1.82) is 0 Å². The molecule has 0 radical (unpaired) electrons. The van der Waals surface area contributed by atoms with Gasteiger partial charge >= 0.3 is 0 Å². The Morgan fingerprint density at radius 2 is 2.00 bits per heavy atom. The van der Waals surface area contributed by atoms with Gasteiger partial charge in [0.05, 0.1) is 17.0 Å². The normalized spacial score (nSPS) is 14.6. The Kier molecular flexibility index (Phi) is 4.64. The van der Waals surface area contributed by atoms with Crippen LogP contribution in [0.25, 0.3) is 0 Å². The van der Waals surface area contributed by atoms with Gasteiger partial charge in [-0.2, -0.15) is 0 Å². The third-order valence-corrected chi connectivity index (χ3v) is 4.47. The average molecular weight is 376 g/mol. The molecular formula is C12H14BrN3O4S. The number of halogens is 1. The highest BCUT2D eigenvalue weighted by Crippen LogP contribution is 2.20. The summed E-state index contributed by atoms with van der Waals surface area (Å²) >= 11 is 3.16. The molecule has 1 aromatic rings. The summed E-state index contributed by atoms with van der Waals surface area (Å²) in [5.41, 5.74) is 0.0979. The first-order valence-electron chi connectivity index (χ1n) is 6.17. The second-order valence-electron chi connectivity index (χ2n) is 4.71. The molecule has 0 bridgehead atoms. The van der Waals surface area contributed by atoms with Crippen molar-refractivity contribution in [2.24, 2.45) is 5.14 Å². The number of benzene rings is 1. The molecule has 7 nitrogen and oxygen atoms in total. The number of hydrogen-bond acceptors (Lipinski definition) is 4. The van der Waals surface area contributed by atoms with Gasteiger partial charge in [0, 0.05) is 10.5 Å². The number of amides is 2. The lowest BCUT2D eigenvalue weighted by Crippen LogP contribution is -2.38. The van der Waals surface area contributed by atoms with Gasteiger partial charge in [-0.05, 0) is 47.0 Å². The summed E-state index contributed by atoms with van der Waals surface area (Å²) in [7, 11) is -3.89. The molecular weight excluding hydrogens is 362 g/mol. The summed E-state index contributed by atoms with van der Waals surface area (Å²) in [6.45, 7) is -0.165. The SMILES string of the molecule is NS(=O)(=O)c1ccc(Br)c(C(=O)NCC(=O)NC2CC2)c1. The minimum absolute atomic E-state index is 0.0979. The average Bonchev–Trinajstić information content (AvgIpc) is 3.19. The Hall–Kier alpha value is -1.45. The molecule has 0 aliphatic heterocycles. The van der Waals surface area contributed by atoms with E-state index in [-0.39, 0.29) is 29.0 Å². The van der Waals surface area contributed by atoms with Crippen molar-refractivity contribution < 1.29 is 18.0 Å². The Balaban J connectivity index is 2.05. The molecule has 21 heavy (non-hydrogen) atoms. The van der Waals surface area contributed by atoms with Crippen LogP contribution in [0.3, 0.4) is 0 Å². The van der Waals surface area contributed by atoms with E-state index in [1.165, 1.54) is 12.1 Å². The van der Waals surface area contributed by atoms with Crippen molar-refractivity contribution in [2.75, 3.05) is 6.54 Å². The van der Waals surface area contributed by atoms with Gasteiger partial charge in [0.25, 0.3) is 5.91 Å². The van der Waals surface area contributed by atoms with Crippen LogP contribution in [0, 0.1) is 0 Å². The standard InChI is InChI=1S/C12H14BrN3O4S/c13-10-4-3-8(21(14,19)20)5-9(10)12(18)15-6-11(17)16-7-1-2-7/h3-5,7H,1-2,6H2,(H,15,18)(H,16,17)(H2,14,19,20). The first kappa shape index (κ1) is 15.9. The first-order valence-corrected chi connectivity index (χ1v) is 8.51. The molecule has 9 heteroatoms. The number of carbonyl (C=O) groups excluding carboxylic acids is 2. The van der Waals surface area contributed by atoms with Crippen LogP contribution in [0.15, 0.2) is 27.6 Å². The second-order valence-corrected chi connectivity index (χ2v) is 7.13. The largest absolute Gasteiger partial charge is 0.352 e.